The zero-order valence-corrected chi connectivity index (χ0v) is 11.2. The SMILES string of the molecule is CCCCCCCNC(=O)COc1ccccc1. The molecule has 1 N–H and O–H groups in total. The average molecular weight is 249 g/mol. The number of benzene rings is 1. The summed E-state index contributed by atoms with van der Waals surface area (Å²) in [7, 11) is 0. The first-order valence-corrected chi connectivity index (χ1v) is 6.77. The lowest BCUT2D eigenvalue weighted by Gasteiger charge is -2.07. The summed E-state index contributed by atoms with van der Waals surface area (Å²) < 4.78 is 5.35. The van der Waals surface area contributed by atoms with Crippen molar-refractivity contribution in [1.82, 2.24) is 5.32 Å². The molecule has 1 aromatic rings. The molecule has 0 fully saturated rings. The Hall–Kier alpha value is -1.51. The van der Waals surface area contributed by atoms with E-state index in [0.717, 1.165) is 18.7 Å². The Labute approximate surface area is 110 Å². The molecule has 0 saturated heterocycles. The number of nitrogens with one attached hydrogen (secondary N) is 1. The molecule has 1 rings (SSSR count). The predicted octanol–water partition coefficient (Wildman–Crippen LogP) is 3.15. The summed E-state index contributed by atoms with van der Waals surface area (Å²) in [4.78, 5) is 11.5. The minimum Gasteiger partial charge on any atom is -0.484 e. The van der Waals surface area contributed by atoms with E-state index in [9.17, 15) is 4.79 Å². The second-order valence-corrected chi connectivity index (χ2v) is 4.37. The van der Waals surface area contributed by atoms with E-state index in [4.69, 9.17) is 4.74 Å². The van der Waals surface area contributed by atoms with E-state index in [-0.39, 0.29) is 12.5 Å². The van der Waals surface area contributed by atoms with Crippen molar-refractivity contribution in [1.29, 1.82) is 0 Å². The molecule has 0 saturated carbocycles. The van der Waals surface area contributed by atoms with Crippen molar-refractivity contribution in [3.8, 4) is 5.75 Å². The first-order chi connectivity index (χ1) is 8.83. The van der Waals surface area contributed by atoms with Gasteiger partial charge in [0, 0.05) is 6.54 Å². The van der Waals surface area contributed by atoms with Gasteiger partial charge in [0.25, 0.3) is 5.91 Å². The molecule has 0 spiro atoms. The molecule has 3 heteroatoms. The van der Waals surface area contributed by atoms with Crippen molar-refractivity contribution < 1.29 is 9.53 Å². The molecular weight excluding hydrogens is 226 g/mol. The maximum atomic E-state index is 11.5. The Morgan fingerprint density at radius 2 is 1.83 bits per heavy atom. The fourth-order valence-electron chi connectivity index (χ4n) is 1.67. The van der Waals surface area contributed by atoms with Crippen LogP contribution in [0.4, 0.5) is 0 Å². The highest BCUT2D eigenvalue weighted by molar-refractivity contribution is 5.77. The van der Waals surface area contributed by atoms with Crippen molar-refractivity contribution >= 4 is 5.91 Å². The van der Waals surface area contributed by atoms with Crippen LogP contribution in [-0.2, 0) is 4.79 Å². The van der Waals surface area contributed by atoms with Gasteiger partial charge in [-0.05, 0) is 18.6 Å². The van der Waals surface area contributed by atoms with Crippen LogP contribution >= 0.6 is 0 Å². The van der Waals surface area contributed by atoms with Crippen LogP contribution in [0.5, 0.6) is 5.75 Å². The number of ether oxygens (including phenoxy) is 1. The molecule has 0 aliphatic heterocycles. The zero-order valence-electron chi connectivity index (χ0n) is 11.2. The summed E-state index contributed by atoms with van der Waals surface area (Å²) in [5.41, 5.74) is 0. The van der Waals surface area contributed by atoms with Crippen LogP contribution in [0.25, 0.3) is 0 Å². The quantitative estimate of drug-likeness (QED) is 0.683. The van der Waals surface area contributed by atoms with E-state index in [2.05, 4.69) is 12.2 Å². The molecule has 0 bridgehead atoms. The van der Waals surface area contributed by atoms with Crippen molar-refractivity contribution in [3.05, 3.63) is 30.3 Å². The highest BCUT2D eigenvalue weighted by atomic mass is 16.5. The van der Waals surface area contributed by atoms with Crippen LogP contribution < -0.4 is 10.1 Å². The Morgan fingerprint density at radius 3 is 2.56 bits per heavy atom. The van der Waals surface area contributed by atoms with E-state index in [1.165, 1.54) is 25.7 Å². The Kier molecular flexibility index (Phi) is 7.69. The number of hydrogen-bond donors (Lipinski definition) is 1. The smallest absolute Gasteiger partial charge is 0.257 e. The molecule has 1 aromatic carbocycles. The number of hydrogen-bond acceptors (Lipinski definition) is 2. The Morgan fingerprint density at radius 1 is 1.11 bits per heavy atom. The normalized spacial score (nSPS) is 10.1. The van der Waals surface area contributed by atoms with Crippen molar-refractivity contribution in [2.75, 3.05) is 13.2 Å². The highest BCUT2D eigenvalue weighted by Gasteiger charge is 2.01. The second-order valence-electron chi connectivity index (χ2n) is 4.37. The van der Waals surface area contributed by atoms with E-state index in [0.29, 0.717) is 0 Å². The molecule has 0 aliphatic carbocycles. The minimum absolute atomic E-state index is 0.0469. The number of amides is 1. The van der Waals surface area contributed by atoms with Crippen LogP contribution in [0, 0.1) is 0 Å². The lowest BCUT2D eigenvalue weighted by atomic mass is 10.1. The molecule has 3 nitrogen and oxygen atoms in total. The minimum atomic E-state index is -0.0469. The molecule has 1 amide bonds. The van der Waals surface area contributed by atoms with Gasteiger partial charge in [0.2, 0.25) is 0 Å². The van der Waals surface area contributed by atoms with E-state index >= 15 is 0 Å². The zero-order chi connectivity index (χ0) is 13.1. The largest absolute Gasteiger partial charge is 0.484 e. The van der Waals surface area contributed by atoms with E-state index in [1.807, 2.05) is 30.3 Å². The highest BCUT2D eigenvalue weighted by Crippen LogP contribution is 2.07. The van der Waals surface area contributed by atoms with Gasteiger partial charge in [-0.3, -0.25) is 4.79 Å². The van der Waals surface area contributed by atoms with Crippen molar-refractivity contribution in [3.63, 3.8) is 0 Å². The maximum absolute atomic E-state index is 11.5. The van der Waals surface area contributed by atoms with Gasteiger partial charge in [0.15, 0.2) is 6.61 Å². The van der Waals surface area contributed by atoms with Gasteiger partial charge >= 0.3 is 0 Å². The molecule has 18 heavy (non-hydrogen) atoms. The topological polar surface area (TPSA) is 38.3 Å². The van der Waals surface area contributed by atoms with E-state index in [1.54, 1.807) is 0 Å². The summed E-state index contributed by atoms with van der Waals surface area (Å²) >= 11 is 0. The molecule has 0 unspecified atom stereocenters. The molecule has 0 aromatic heterocycles. The molecule has 0 radical (unpaired) electrons. The van der Waals surface area contributed by atoms with Crippen LogP contribution in [-0.4, -0.2) is 19.1 Å². The summed E-state index contributed by atoms with van der Waals surface area (Å²) in [6, 6.07) is 9.39. The van der Waals surface area contributed by atoms with Crippen LogP contribution in [0.15, 0.2) is 30.3 Å². The van der Waals surface area contributed by atoms with Gasteiger partial charge < -0.3 is 10.1 Å². The van der Waals surface area contributed by atoms with Crippen LogP contribution in [0.3, 0.4) is 0 Å². The van der Waals surface area contributed by atoms with Gasteiger partial charge in [-0.2, -0.15) is 0 Å². The third-order valence-electron chi connectivity index (χ3n) is 2.72. The third kappa shape index (κ3) is 6.94. The summed E-state index contributed by atoms with van der Waals surface area (Å²) in [5.74, 6) is 0.685. The molecule has 100 valence electrons. The summed E-state index contributed by atoms with van der Waals surface area (Å²) in [5, 5.41) is 2.87. The maximum Gasteiger partial charge on any atom is 0.257 e. The number of carbonyl (C=O) groups is 1. The van der Waals surface area contributed by atoms with Crippen LogP contribution in [0.2, 0.25) is 0 Å². The average Bonchev–Trinajstić information content (AvgIpc) is 2.41. The second kappa shape index (κ2) is 9.51. The lowest BCUT2D eigenvalue weighted by Crippen LogP contribution is -2.29. The number of rotatable bonds is 9. The number of unbranched alkanes of at least 4 members (excludes halogenated alkanes) is 4. The Bertz CT molecular complexity index is 325. The summed E-state index contributed by atoms with van der Waals surface area (Å²) in [6.45, 7) is 3.04. The van der Waals surface area contributed by atoms with Crippen molar-refractivity contribution in [2.45, 2.75) is 39.0 Å². The molecule has 0 aliphatic rings. The van der Waals surface area contributed by atoms with Crippen LogP contribution in [0.1, 0.15) is 39.0 Å². The lowest BCUT2D eigenvalue weighted by molar-refractivity contribution is -0.123. The molecule has 0 atom stereocenters. The van der Waals surface area contributed by atoms with Gasteiger partial charge in [0.1, 0.15) is 5.75 Å². The Balaban J connectivity index is 2.01. The fraction of sp³-hybridized carbons (Fsp3) is 0.533. The standard InChI is InChI=1S/C15H23NO2/c1-2-3-4-5-9-12-16-15(17)13-18-14-10-7-6-8-11-14/h6-8,10-11H,2-5,9,12-13H2,1H3,(H,16,17). The molecule has 0 heterocycles. The van der Waals surface area contributed by atoms with Gasteiger partial charge in [-0.1, -0.05) is 50.8 Å². The first-order valence-electron chi connectivity index (χ1n) is 6.77. The van der Waals surface area contributed by atoms with Gasteiger partial charge in [-0.25, -0.2) is 0 Å². The van der Waals surface area contributed by atoms with Gasteiger partial charge in [0.05, 0.1) is 0 Å². The number of carbonyl (C=O) groups excluding carboxylic acids is 1. The predicted molar refractivity (Wildman–Crippen MR) is 73.7 cm³/mol. The monoisotopic (exact) mass is 249 g/mol. The number of para-hydroxylation sites is 1. The van der Waals surface area contributed by atoms with Gasteiger partial charge in [-0.15, -0.1) is 0 Å². The first kappa shape index (κ1) is 14.6. The van der Waals surface area contributed by atoms with Crippen molar-refractivity contribution in [2.24, 2.45) is 0 Å². The molecular formula is C15H23NO2. The summed E-state index contributed by atoms with van der Waals surface area (Å²) in [6.07, 6.45) is 6.03. The van der Waals surface area contributed by atoms with E-state index < -0.39 is 0 Å². The fourth-order valence-corrected chi connectivity index (χ4v) is 1.67. The third-order valence-corrected chi connectivity index (χ3v) is 2.72.